The molecule has 3 N–H and O–H groups in total. The van der Waals surface area contributed by atoms with Gasteiger partial charge in [-0.3, -0.25) is 0 Å². The SMILES string of the molecule is Cc1cc(C(C)(N)C(F)F)c(C)[nH]1. The Hall–Kier alpha value is -0.900. The Morgan fingerprint density at radius 3 is 2.31 bits per heavy atom. The quantitative estimate of drug-likeness (QED) is 0.733. The fourth-order valence-electron chi connectivity index (χ4n) is 1.40. The molecule has 1 heterocycles. The Kier molecular flexibility index (Phi) is 2.43. The molecule has 0 aliphatic rings. The van der Waals surface area contributed by atoms with Crippen molar-refractivity contribution in [2.45, 2.75) is 32.7 Å². The van der Waals surface area contributed by atoms with E-state index in [1.54, 1.807) is 13.0 Å². The summed E-state index contributed by atoms with van der Waals surface area (Å²) in [6, 6.07) is 1.67. The molecule has 0 fully saturated rings. The van der Waals surface area contributed by atoms with Crippen LogP contribution in [0.5, 0.6) is 0 Å². The lowest BCUT2D eigenvalue weighted by Crippen LogP contribution is -2.40. The van der Waals surface area contributed by atoms with E-state index in [9.17, 15) is 8.78 Å². The van der Waals surface area contributed by atoms with E-state index in [0.29, 0.717) is 11.3 Å². The van der Waals surface area contributed by atoms with Crippen LogP contribution < -0.4 is 5.73 Å². The molecule has 0 saturated heterocycles. The Morgan fingerprint density at radius 2 is 2.00 bits per heavy atom. The smallest absolute Gasteiger partial charge is 0.260 e. The van der Waals surface area contributed by atoms with E-state index in [1.807, 2.05) is 6.92 Å². The predicted octanol–water partition coefficient (Wildman–Crippen LogP) is 2.07. The molecular weight excluding hydrogens is 174 g/mol. The highest BCUT2D eigenvalue weighted by atomic mass is 19.3. The normalized spacial score (nSPS) is 16.2. The molecule has 1 atom stereocenters. The van der Waals surface area contributed by atoms with Gasteiger partial charge in [0, 0.05) is 11.4 Å². The van der Waals surface area contributed by atoms with Gasteiger partial charge in [0.15, 0.2) is 0 Å². The molecule has 13 heavy (non-hydrogen) atoms. The van der Waals surface area contributed by atoms with Crippen molar-refractivity contribution in [3.8, 4) is 0 Å². The monoisotopic (exact) mass is 188 g/mol. The number of hydrogen-bond donors (Lipinski definition) is 2. The lowest BCUT2D eigenvalue weighted by Gasteiger charge is -2.23. The molecule has 0 radical (unpaired) electrons. The first-order chi connectivity index (χ1) is 5.85. The molecule has 74 valence electrons. The van der Waals surface area contributed by atoms with Gasteiger partial charge in [-0.2, -0.15) is 0 Å². The molecule has 0 aromatic carbocycles. The predicted molar refractivity (Wildman–Crippen MR) is 47.8 cm³/mol. The fraction of sp³-hybridized carbons (Fsp3) is 0.556. The zero-order valence-corrected chi connectivity index (χ0v) is 7.99. The van der Waals surface area contributed by atoms with Crippen LogP contribution >= 0.6 is 0 Å². The zero-order valence-electron chi connectivity index (χ0n) is 7.99. The van der Waals surface area contributed by atoms with Crippen LogP contribution in [0, 0.1) is 13.8 Å². The number of rotatable bonds is 2. The van der Waals surface area contributed by atoms with Gasteiger partial charge in [-0.05, 0) is 32.4 Å². The topological polar surface area (TPSA) is 41.8 Å². The number of aryl methyl sites for hydroxylation is 2. The highest BCUT2D eigenvalue weighted by Crippen LogP contribution is 2.28. The molecule has 4 heteroatoms. The van der Waals surface area contributed by atoms with E-state index in [2.05, 4.69) is 4.98 Å². The van der Waals surface area contributed by atoms with Crippen LogP contribution in [0.3, 0.4) is 0 Å². The van der Waals surface area contributed by atoms with Gasteiger partial charge < -0.3 is 10.7 Å². The number of halogens is 2. The zero-order chi connectivity index (χ0) is 10.2. The summed E-state index contributed by atoms with van der Waals surface area (Å²) in [6.45, 7) is 4.90. The summed E-state index contributed by atoms with van der Waals surface area (Å²) in [5.41, 5.74) is 6.01. The number of aromatic amines is 1. The van der Waals surface area contributed by atoms with Crippen molar-refractivity contribution in [2.24, 2.45) is 5.73 Å². The molecule has 1 aromatic heterocycles. The molecule has 2 nitrogen and oxygen atoms in total. The van der Waals surface area contributed by atoms with Crippen molar-refractivity contribution in [3.05, 3.63) is 23.0 Å². The van der Waals surface area contributed by atoms with Crippen LogP contribution in [-0.4, -0.2) is 11.4 Å². The first kappa shape index (κ1) is 10.2. The summed E-state index contributed by atoms with van der Waals surface area (Å²) in [7, 11) is 0. The maximum atomic E-state index is 12.5. The lowest BCUT2D eigenvalue weighted by molar-refractivity contribution is 0.0622. The second-order valence-electron chi connectivity index (χ2n) is 3.57. The van der Waals surface area contributed by atoms with Gasteiger partial charge in [0.1, 0.15) is 5.54 Å². The van der Waals surface area contributed by atoms with Crippen LogP contribution in [0.4, 0.5) is 8.78 Å². The van der Waals surface area contributed by atoms with Gasteiger partial charge in [-0.15, -0.1) is 0 Å². The average Bonchev–Trinajstić information content (AvgIpc) is 2.30. The van der Waals surface area contributed by atoms with E-state index in [0.717, 1.165) is 5.69 Å². The third-order valence-electron chi connectivity index (χ3n) is 2.18. The second-order valence-corrected chi connectivity index (χ2v) is 3.57. The van der Waals surface area contributed by atoms with Crippen LogP contribution in [-0.2, 0) is 5.54 Å². The first-order valence-electron chi connectivity index (χ1n) is 4.09. The molecule has 1 rings (SSSR count). The summed E-state index contributed by atoms with van der Waals surface area (Å²) >= 11 is 0. The van der Waals surface area contributed by atoms with Crippen molar-refractivity contribution in [1.82, 2.24) is 4.98 Å². The van der Waals surface area contributed by atoms with E-state index in [1.165, 1.54) is 6.92 Å². The summed E-state index contributed by atoms with van der Waals surface area (Å²) in [5, 5.41) is 0. The van der Waals surface area contributed by atoms with E-state index in [-0.39, 0.29) is 0 Å². The minimum Gasteiger partial charge on any atom is -0.362 e. The van der Waals surface area contributed by atoms with E-state index < -0.39 is 12.0 Å². The van der Waals surface area contributed by atoms with Crippen LogP contribution in [0.2, 0.25) is 0 Å². The van der Waals surface area contributed by atoms with Crippen molar-refractivity contribution >= 4 is 0 Å². The standard InChI is InChI=1S/C9H14F2N2/c1-5-4-7(6(2)13-5)9(3,12)8(10)11/h4,8,13H,12H2,1-3H3. The number of nitrogens with one attached hydrogen (secondary N) is 1. The van der Waals surface area contributed by atoms with Crippen molar-refractivity contribution in [2.75, 3.05) is 0 Å². The number of hydrogen-bond acceptors (Lipinski definition) is 1. The minimum absolute atomic E-state index is 0.486. The maximum Gasteiger partial charge on any atom is 0.260 e. The van der Waals surface area contributed by atoms with Crippen LogP contribution in [0.15, 0.2) is 6.07 Å². The molecule has 0 amide bonds. The van der Waals surface area contributed by atoms with E-state index in [4.69, 9.17) is 5.73 Å². The van der Waals surface area contributed by atoms with Crippen molar-refractivity contribution in [3.63, 3.8) is 0 Å². The highest BCUT2D eigenvalue weighted by Gasteiger charge is 2.34. The number of alkyl halides is 2. The Labute approximate surface area is 76.1 Å². The van der Waals surface area contributed by atoms with Gasteiger partial charge in [-0.1, -0.05) is 0 Å². The van der Waals surface area contributed by atoms with Crippen molar-refractivity contribution < 1.29 is 8.78 Å². The summed E-state index contributed by atoms with van der Waals surface area (Å²) in [5.74, 6) is 0. The average molecular weight is 188 g/mol. The van der Waals surface area contributed by atoms with Crippen LogP contribution in [0.25, 0.3) is 0 Å². The number of aromatic nitrogens is 1. The number of nitrogens with two attached hydrogens (primary N) is 1. The molecule has 1 unspecified atom stereocenters. The fourth-order valence-corrected chi connectivity index (χ4v) is 1.40. The van der Waals surface area contributed by atoms with Gasteiger partial charge in [0.25, 0.3) is 6.43 Å². The molecule has 1 aromatic rings. The minimum atomic E-state index is -2.55. The first-order valence-corrected chi connectivity index (χ1v) is 4.09. The molecule has 0 spiro atoms. The summed E-state index contributed by atoms with van der Waals surface area (Å²) in [4.78, 5) is 2.96. The Balaban J connectivity index is 3.13. The molecule has 0 saturated carbocycles. The third kappa shape index (κ3) is 1.72. The van der Waals surface area contributed by atoms with Gasteiger partial charge in [-0.25, -0.2) is 8.78 Å². The van der Waals surface area contributed by atoms with Crippen LogP contribution in [0.1, 0.15) is 23.9 Å². The maximum absolute atomic E-state index is 12.5. The second kappa shape index (κ2) is 3.10. The summed E-state index contributed by atoms with van der Waals surface area (Å²) in [6.07, 6.45) is -2.55. The Morgan fingerprint density at radius 1 is 1.46 bits per heavy atom. The van der Waals surface area contributed by atoms with Gasteiger partial charge in [0.05, 0.1) is 0 Å². The highest BCUT2D eigenvalue weighted by molar-refractivity contribution is 5.31. The van der Waals surface area contributed by atoms with Gasteiger partial charge in [0.2, 0.25) is 0 Å². The molecular formula is C9H14F2N2. The molecule has 0 bridgehead atoms. The van der Waals surface area contributed by atoms with Crippen molar-refractivity contribution in [1.29, 1.82) is 0 Å². The number of H-pyrrole nitrogens is 1. The summed E-state index contributed by atoms with van der Waals surface area (Å²) < 4.78 is 25.1. The largest absolute Gasteiger partial charge is 0.362 e. The Bertz CT molecular complexity index is 303. The molecule has 0 aliphatic carbocycles. The molecule has 0 aliphatic heterocycles. The van der Waals surface area contributed by atoms with E-state index >= 15 is 0 Å². The lowest BCUT2D eigenvalue weighted by atomic mass is 9.94. The third-order valence-corrected chi connectivity index (χ3v) is 2.18. The van der Waals surface area contributed by atoms with Gasteiger partial charge >= 0.3 is 0 Å².